The van der Waals surface area contributed by atoms with Crippen LogP contribution >= 0.6 is 0 Å². The van der Waals surface area contributed by atoms with Crippen molar-refractivity contribution in [3.05, 3.63) is 54.6 Å². The molecule has 0 bridgehead atoms. The van der Waals surface area contributed by atoms with Gasteiger partial charge in [-0.05, 0) is 56.9 Å². The summed E-state index contributed by atoms with van der Waals surface area (Å²) in [5.74, 6) is 0.530. The van der Waals surface area contributed by atoms with E-state index in [1.54, 1.807) is 16.4 Å². The molecule has 0 spiro atoms. The quantitative estimate of drug-likeness (QED) is 0.445. The molecule has 11 heteroatoms. The molecule has 2 saturated heterocycles. The first-order valence-corrected chi connectivity index (χ1v) is 15.3. The molecular weight excluding hydrogens is 528 g/mol. The van der Waals surface area contributed by atoms with E-state index in [1.165, 1.54) is 0 Å². The molecule has 210 valence electrons. The van der Waals surface area contributed by atoms with Gasteiger partial charge in [0.05, 0.1) is 35.5 Å². The van der Waals surface area contributed by atoms with Crippen LogP contribution in [0.25, 0.3) is 22.5 Å². The molecule has 3 fully saturated rings. The molecule has 1 atom stereocenters. The number of aromatic nitrogens is 2. The predicted molar refractivity (Wildman–Crippen MR) is 154 cm³/mol. The van der Waals surface area contributed by atoms with Crippen LogP contribution in [-0.4, -0.2) is 73.7 Å². The average molecular weight is 563 g/mol. The highest BCUT2D eigenvalue weighted by atomic mass is 32.2. The zero-order chi connectivity index (χ0) is 27.7. The van der Waals surface area contributed by atoms with Gasteiger partial charge in [0.2, 0.25) is 16.0 Å². The molecule has 2 N–H and O–H groups in total. The van der Waals surface area contributed by atoms with Gasteiger partial charge in [0.1, 0.15) is 0 Å². The topological polar surface area (TPSA) is 117 Å². The minimum absolute atomic E-state index is 0.0667. The second kappa shape index (κ2) is 11.1. The van der Waals surface area contributed by atoms with Crippen LogP contribution in [-0.2, 0) is 14.8 Å². The van der Waals surface area contributed by atoms with Crippen LogP contribution in [0.3, 0.4) is 0 Å². The highest BCUT2D eigenvalue weighted by Gasteiger charge is 2.31. The van der Waals surface area contributed by atoms with Gasteiger partial charge in [-0.3, -0.25) is 0 Å². The van der Waals surface area contributed by atoms with Crippen molar-refractivity contribution in [2.24, 2.45) is 0 Å². The van der Waals surface area contributed by atoms with Crippen LogP contribution in [0.2, 0.25) is 0 Å². The average Bonchev–Trinajstić information content (AvgIpc) is 3.59. The Hall–Kier alpha value is -3.54. The third kappa shape index (κ3) is 5.67. The lowest BCUT2D eigenvalue weighted by Crippen LogP contribution is -2.44. The van der Waals surface area contributed by atoms with Gasteiger partial charge in [0, 0.05) is 42.5 Å². The second-order valence-electron chi connectivity index (χ2n) is 10.6. The molecule has 1 aliphatic carbocycles. The molecule has 2 aliphatic heterocycles. The standard InChI is InChI=1S/C29H34N6O4S/c1-20-19-39-17-16-35(20)28-32-25(21-8-10-22(11-9-21)30-29(36)31-23-12-13-23)18-26(33-28)24-6-2-3-7-27(24)40(37,38)34-14-4-5-15-34/h2-3,6-11,18,20,23H,4-5,12-17,19H2,1H3,(H2,30,31,36). The van der Waals surface area contributed by atoms with E-state index >= 15 is 0 Å². The Morgan fingerprint density at radius 2 is 1.70 bits per heavy atom. The smallest absolute Gasteiger partial charge is 0.319 e. The molecule has 2 aromatic carbocycles. The van der Waals surface area contributed by atoms with E-state index in [2.05, 4.69) is 22.5 Å². The van der Waals surface area contributed by atoms with Gasteiger partial charge in [-0.15, -0.1) is 0 Å². The number of nitrogens with zero attached hydrogens (tertiary/aromatic N) is 4. The van der Waals surface area contributed by atoms with E-state index in [-0.39, 0.29) is 23.0 Å². The zero-order valence-electron chi connectivity index (χ0n) is 22.5. The fourth-order valence-electron chi connectivity index (χ4n) is 5.15. The normalized spacial score (nSPS) is 19.9. The second-order valence-corrected chi connectivity index (χ2v) is 12.5. The van der Waals surface area contributed by atoms with Crippen LogP contribution < -0.4 is 15.5 Å². The lowest BCUT2D eigenvalue weighted by atomic mass is 10.1. The number of rotatable bonds is 7. The number of anilines is 2. The number of amides is 2. The third-order valence-electron chi connectivity index (χ3n) is 7.54. The van der Waals surface area contributed by atoms with Crippen LogP contribution in [0.4, 0.5) is 16.4 Å². The van der Waals surface area contributed by atoms with Gasteiger partial charge in [0.25, 0.3) is 0 Å². The summed E-state index contributed by atoms with van der Waals surface area (Å²) in [4.78, 5) is 24.3. The van der Waals surface area contributed by atoms with Crippen molar-refractivity contribution < 1.29 is 17.9 Å². The van der Waals surface area contributed by atoms with E-state index in [1.807, 2.05) is 42.5 Å². The molecule has 6 rings (SSSR count). The first-order valence-electron chi connectivity index (χ1n) is 13.9. The summed E-state index contributed by atoms with van der Waals surface area (Å²) in [5, 5.41) is 5.79. The van der Waals surface area contributed by atoms with Crippen LogP contribution in [0, 0.1) is 0 Å². The van der Waals surface area contributed by atoms with Gasteiger partial charge in [-0.1, -0.05) is 30.3 Å². The fraction of sp³-hybridized carbons (Fsp3) is 0.414. The molecule has 3 heterocycles. The van der Waals surface area contributed by atoms with E-state index in [4.69, 9.17) is 14.7 Å². The van der Waals surface area contributed by atoms with E-state index in [9.17, 15) is 13.2 Å². The van der Waals surface area contributed by atoms with Crippen LogP contribution in [0.5, 0.6) is 0 Å². The number of benzene rings is 2. The summed E-state index contributed by atoms with van der Waals surface area (Å²) in [6.07, 6.45) is 3.78. The van der Waals surface area contributed by atoms with Crippen molar-refractivity contribution in [3.8, 4) is 22.5 Å². The molecule has 10 nitrogen and oxygen atoms in total. The van der Waals surface area contributed by atoms with Crippen molar-refractivity contribution in [3.63, 3.8) is 0 Å². The number of sulfonamides is 1. The molecule has 1 unspecified atom stereocenters. The summed E-state index contributed by atoms with van der Waals surface area (Å²) in [6, 6.07) is 16.5. The first-order chi connectivity index (χ1) is 19.4. The number of nitrogens with one attached hydrogen (secondary N) is 2. The van der Waals surface area contributed by atoms with E-state index in [0.717, 1.165) is 31.2 Å². The van der Waals surface area contributed by atoms with Crippen molar-refractivity contribution >= 4 is 27.7 Å². The van der Waals surface area contributed by atoms with Gasteiger partial charge >= 0.3 is 6.03 Å². The summed E-state index contributed by atoms with van der Waals surface area (Å²) in [6.45, 7) is 4.88. The van der Waals surface area contributed by atoms with Crippen molar-refractivity contribution in [2.45, 2.75) is 49.6 Å². The van der Waals surface area contributed by atoms with Gasteiger partial charge in [0.15, 0.2) is 0 Å². The number of morpholine rings is 1. The number of carbonyl (C=O) groups is 1. The number of urea groups is 1. The molecule has 0 radical (unpaired) electrons. The summed E-state index contributed by atoms with van der Waals surface area (Å²) >= 11 is 0. The molecule has 40 heavy (non-hydrogen) atoms. The number of hydrogen-bond donors (Lipinski definition) is 2. The Morgan fingerprint density at radius 1 is 0.975 bits per heavy atom. The first kappa shape index (κ1) is 26.7. The lowest BCUT2D eigenvalue weighted by molar-refractivity contribution is 0.0981. The van der Waals surface area contributed by atoms with Crippen molar-refractivity contribution in [2.75, 3.05) is 43.1 Å². The molecule has 2 amide bonds. The zero-order valence-corrected chi connectivity index (χ0v) is 23.4. The van der Waals surface area contributed by atoms with Gasteiger partial charge in [-0.2, -0.15) is 4.31 Å². The molecule has 1 saturated carbocycles. The Bertz CT molecular complexity index is 1490. The summed E-state index contributed by atoms with van der Waals surface area (Å²) in [5.41, 5.74) is 3.28. The van der Waals surface area contributed by atoms with Gasteiger partial charge < -0.3 is 20.3 Å². The van der Waals surface area contributed by atoms with Crippen LogP contribution in [0.1, 0.15) is 32.6 Å². The monoisotopic (exact) mass is 562 g/mol. The Kier molecular flexibility index (Phi) is 7.43. The molecule has 3 aliphatic rings. The minimum Gasteiger partial charge on any atom is -0.377 e. The van der Waals surface area contributed by atoms with Crippen molar-refractivity contribution in [1.29, 1.82) is 0 Å². The highest BCUT2D eigenvalue weighted by molar-refractivity contribution is 7.89. The molecule has 3 aromatic rings. The lowest BCUT2D eigenvalue weighted by Gasteiger charge is -2.33. The number of hydrogen-bond acceptors (Lipinski definition) is 7. The maximum absolute atomic E-state index is 13.6. The minimum atomic E-state index is -3.67. The number of ether oxygens (including phenoxy) is 1. The molecule has 1 aromatic heterocycles. The van der Waals surface area contributed by atoms with Crippen LogP contribution in [0.15, 0.2) is 59.5 Å². The number of carbonyl (C=O) groups excluding carboxylic acids is 1. The Balaban J connectivity index is 1.39. The molecular formula is C29H34N6O4S. The van der Waals surface area contributed by atoms with Gasteiger partial charge in [-0.25, -0.2) is 23.2 Å². The van der Waals surface area contributed by atoms with E-state index < -0.39 is 10.0 Å². The SMILES string of the molecule is CC1COCCN1c1nc(-c2ccc(NC(=O)NC3CC3)cc2)cc(-c2ccccc2S(=O)(=O)N2CCCC2)n1. The van der Waals surface area contributed by atoms with E-state index in [0.29, 0.717) is 61.4 Å². The summed E-state index contributed by atoms with van der Waals surface area (Å²) < 4.78 is 34.5. The summed E-state index contributed by atoms with van der Waals surface area (Å²) in [7, 11) is -3.67. The maximum Gasteiger partial charge on any atom is 0.319 e. The fourth-order valence-corrected chi connectivity index (χ4v) is 6.87. The highest BCUT2D eigenvalue weighted by Crippen LogP contribution is 2.34. The third-order valence-corrected chi connectivity index (χ3v) is 9.49. The Morgan fingerprint density at radius 3 is 2.42 bits per heavy atom. The predicted octanol–water partition coefficient (Wildman–Crippen LogP) is 4.10. The van der Waals surface area contributed by atoms with Crippen molar-refractivity contribution in [1.82, 2.24) is 19.6 Å². The maximum atomic E-state index is 13.6. The Labute approximate surface area is 234 Å². The largest absolute Gasteiger partial charge is 0.377 e.